The Balaban J connectivity index is 1.13. The van der Waals surface area contributed by atoms with Gasteiger partial charge >= 0.3 is 0 Å². The Labute approximate surface area is 179 Å². The van der Waals surface area contributed by atoms with E-state index in [1.165, 1.54) is 5.56 Å². The lowest BCUT2D eigenvalue weighted by Crippen LogP contribution is -2.42. The number of nitrogens with one attached hydrogen (secondary N) is 1. The van der Waals surface area contributed by atoms with Crippen LogP contribution in [0.3, 0.4) is 0 Å². The maximum atomic E-state index is 12.7. The summed E-state index contributed by atoms with van der Waals surface area (Å²) in [6.07, 6.45) is 5.61. The second-order valence-electron chi connectivity index (χ2n) is 8.37. The van der Waals surface area contributed by atoms with Gasteiger partial charge in [-0.15, -0.1) is 11.3 Å². The summed E-state index contributed by atoms with van der Waals surface area (Å²) in [7, 11) is 0. The number of amides is 3. The van der Waals surface area contributed by atoms with E-state index in [-0.39, 0.29) is 47.9 Å². The number of carbonyl (C=O) groups excluding carboxylic acids is 3. The van der Waals surface area contributed by atoms with Gasteiger partial charge in [0, 0.05) is 23.9 Å². The predicted octanol–water partition coefficient (Wildman–Crippen LogP) is 2.58. The van der Waals surface area contributed by atoms with Gasteiger partial charge in [-0.25, -0.2) is 4.98 Å². The molecule has 1 aromatic carbocycles. The van der Waals surface area contributed by atoms with E-state index in [2.05, 4.69) is 53.6 Å². The molecule has 4 atom stereocenters. The summed E-state index contributed by atoms with van der Waals surface area (Å²) in [5, 5.41) is 5.78. The van der Waals surface area contributed by atoms with E-state index in [9.17, 15) is 14.4 Å². The van der Waals surface area contributed by atoms with Crippen molar-refractivity contribution in [3.63, 3.8) is 0 Å². The fraction of sp³-hybridized carbons (Fsp3) is 0.391. The van der Waals surface area contributed by atoms with Crippen LogP contribution in [0.4, 0.5) is 0 Å². The minimum atomic E-state index is -0.300. The van der Waals surface area contributed by atoms with E-state index >= 15 is 0 Å². The highest BCUT2D eigenvalue weighted by atomic mass is 32.1. The molecule has 0 spiro atoms. The zero-order valence-electron chi connectivity index (χ0n) is 16.7. The molecule has 6 nitrogen and oxygen atoms in total. The van der Waals surface area contributed by atoms with E-state index < -0.39 is 0 Å². The number of thiazole rings is 1. The van der Waals surface area contributed by atoms with Gasteiger partial charge in [0.05, 0.1) is 17.5 Å². The quantitative estimate of drug-likeness (QED) is 0.574. The molecule has 4 unspecified atom stereocenters. The van der Waals surface area contributed by atoms with Crippen molar-refractivity contribution in [3.8, 4) is 10.6 Å². The van der Waals surface area contributed by atoms with Gasteiger partial charge in [-0.05, 0) is 25.2 Å². The molecule has 2 fully saturated rings. The lowest BCUT2D eigenvalue weighted by Gasteiger charge is -2.16. The van der Waals surface area contributed by atoms with Crippen LogP contribution in [-0.2, 0) is 20.8 Å². The predicted molar refractivity (Wildman–Crippen MR) is 113 cm³/mol. The number of hydrogen-bond donors (Lipinski definition) is 1. The minimum absolute atomic E-state index is 0.164. The normalized spacial score (nSPS) is 26.5. The number of rotatable bonds is 6. The average Bonchev–Trinajstić information content (AvgIpc) is 3.50. The van der Waals surface area contributed by atoms with Crippen molar-refractivity contribution in [2.24, 2.45) is 23.7 Å². The van der Waals surface area contributed by atoms with Crippen LogP contribution in [0.1, 0.15) is 17.7 Å². The van der Waals surface area contributed by atoms with Crippen molar-refractivity contribution in [2.75, 3.05) is 13.1 Å². The summed E-state index contributed by atoms with van der Waals surface area (Å²) >= 11 is 1.58. The van der Waals surface area contributed by atoms with Crippen molar-refractivity contribution in [3.05, 3.63) is 53.1 Å². The van der Waals surface area contributed by atoms with Crippen LogP contribution in [0.25, 0.3) is 10.6 Å². The van der Waals surface area contributed by atoms with Crippen LogP contribution in [0.5, 0.6) is 0 Å². The molecule has 7 heteroatoms. The minimum Gasteiger partial charge on any atom is -0.354 e. The maximum Gasteiger partial charge on any atom is 0.240 e. The number of carbonyl (C=O) groups is 3. The Hall–Kier alpha value is -2.80. The fourth-order valence-corrected chi connectivity index (χ4v) is 5.76. The molecule has 1 aliphatic heterocycles. The van der Waals surface area contributed by atoms with Crippen LogP contribution in [0.15, 0.2) is 41.8 Å². The zero-order chi connectivity index (χ0) is 20.8. The molecule has 1 saturated heterocycles. The zero-order valence-corrected chi connectivity index (χ0v) is 17.5. The van der Waals surface area contributed by atoms with Crippen molar-refractivity contribution >= 4 is 29.1 Å². The number of aryl methyl sites for hydroxylation is 1. The Morgan fingerprint density at radius 3 is 2.47 bits per heavy atom. The molecule has 1 saturated carbocycles. The van der Waals surface area contributed by atoms with Crippen molar-refractivity contribution in [1.82, 2.24) is 15.2 Å². The molecule has 0 radical (unpaired) electrons. The average molecular weight is 422 g/mol. The van der Waals surface area contributed by atoms with Crippen molar-refractivity contribution < 1.29 is 14.4 Å². The lowest BCUT2D eigenvalue weighted by molar-refractivity contribution is -0.144. The topological polar surface area (TPSA) is 79.4 Å². The highest BCUT2D eigenvalue weighted by Gasteiger charge is 2.59. The molecular formula is C23H23N3O3S. The van der Waals surface area contributed by atoms with E-state index in [1.807, 2.05) is 5.38 Å². The number of benzene rings is 1. The molecule has 5 rings (SSSR count). The summed E-state index contributed by atoms with van der Waals surface area (Å²) in [6, 6.07) is 8.24. The first-order valence-corrected chi connectivity index (χ1v) is 11.2. The standard InChI is InChI=1S/C23H23N3O3S/c1-13-2-4-14(5-3-13)21-25-17(12-30-21)8-9-24-18(27)11-26-22(28)19-15-6-7-16(10-15)20(19)23(26)29/h2-7,12,15-16,19-20H,8-11H2,1H3,(H,24,27). The summed E-state index contributed by atoms with van der Waals surface area (Å²) in [5.41, 5.74) is 3.21. The van der Waals surface area contributed by atoms with Crippen LogP contribution in [-0.4, -0.2) is 40.7 Å². The van der Waals surface area contributed by atoms with E-state index in [4.69, 9.17) is 0 Å². The van der Waals surface area contributed by atoms with Crippen LogP contribution < -0.4 is 5.32 Å². The first kappa shape index (κ1) is 19.2. The van der Waals surface area contributed by atoms with Gasteiger partial charge in [-0.2, -0.15) is 0 Å². The Morgan fingerprint density at radius 1 is 1.13 bits per heavy atom. The van der Waals surface area contributed by atoms with E-state index in [1.54, 1.807) is 11.3 Å². The highest BCUT2D eigenvalue weighted by molar-refractivity contribution is 7.13. The number of aromatic nitrogens is 1. The van der Waals surface area contributed by atoms with Crippen LogP contribution in [0, 0.1) is 30.6 Å². The Bertz CT molecular complexity index is 1010. The third kappa shape index (κ3) is 3.27. The summed E-state index contributed by atoms with van der Waals surface area (Å²) < 4.78 is 0. The van der Waals surface area contributed by atoms with Gasteiger partial charge in [0.1, 0.15) is 11.6 Å². The van der Waals surface area contributed by atoms with E-state index in [0.717, 1.165) is 27.6 Å². The SMILES string of the molecule is Cc1ccc(-c2nc(CCNC(=O)CN3C(=O)C4C5C=CC(C5)C4C3=O)cs2)cc1. The third-order valence-corrected chi connectivity index (χ3v) is 7.36. The molecule has 3 amide bonds. The van der Waals surface area contributed by atoms with Gasteiger partial charge in [-0.3, -0.25) is 19.3 Å². The van der Waals surface area contributed by atoms with Gasteiger partial charge in [0.15, 0.2) is 0 Å². The van der Waals surface area contributed by atoms with Gasteiger partial charge in [-0.1, -0.05) is 42.0 Å². The van der Waals surface area contributed by atoms with Crippen molar-refractivity contribution in [1.29, 1.82) is 0 Å². The third-order valence-electron chi connectivity index (χ3n) is 6.42. The molecule has 2 aromatic rings. The number of hydrogen-bond acceptors (Lipinski definition) is 5. The summed E-state index contributed by atoms with van der Waals surface area (Å²) in [6.45, 7) is 2.29. The first-order valence-electron chi connectivity index (χ1n) is 10.3. The fourth-order valence-electron chi connectivity index (χ4n) is 4.90. The lowest BCUT2D eigenvalue weighted by atomic mass is 9.85. The van der Waals surface area contributed by atoms with Crippen LogP contribution in [0.2, 0.25) is 0 Å². The Kier molecular flexibility index (Phi) is 4.77. The number of imide groups is 1. The maximum absolute atomic E-state index is 12.7. The van der Waals surface area contributed by atoms with Gasteiger partial charge in [0.2, 0.25) is 17.7 Å². The van der Waals surface area contributed by atoms with Crippen molar-refractivity contribution in [2.45, 2.75) is 19.8 Å². The number of fused-ring (bicyclic) bond motifs is 5. The molecule has 1 N–H and O–H groups in total. The molecule has 3 aliphatic rings. The molecule has 2 aliphatic carbocycles. The summed E-state index contributed by atoms with van der Waals surface area (Å²) in [4.78, 5) is 43.5. The monoisotopic (exact) mass is 421 g/mol. The highest BCUT2D eigenvalue weighted by Crippen LogP contribution is 2.52. The molecule has 1 aromatic heterocycles. The number of nitrogens with zero attached hydrogens (tertiary/aromatic N) is 2. The van der Waals surface area contributed by atoms with Gasteiger partial charge in [0.25, 0.3) is 0 Å². The molecular weight excluding hydrogens is 398 g/mol. The first-order chi connectivity index (χ1) is 14.5. The molecule has 30 heavy (non-hydrogen) atoms. The number of likely N-dealkylation sites (tertiary alicyclic amines) is 1. The Morgan fingerprint density at radius 2 is 1.80 bits per heavy atom. The van der Waals surface area contributed by atoms with E-state index in [0.29, 0.717) is 13.0 Å². The second-order valence-corrected chi connectivity index (χ2v) is 9.23. The summed E-state index contributed by atoms with van der Waals surface area (Å²) in [5.74, 6) is -0.843. The number of allylic oxidation sites excluding steroid dienone is 2. The second kappa shape index (κ2) is 7.47. The van der Waals surface area contributed by atoms with Gasteiger partial charge < -0.3 is 5.32 Å². The molecule has 154 valence electrons. The molecule has 2 heterocycles. The molecule has 2 bridgehead atoms. The largest absolute Gasteiger partial charge is 0.354 e. The smallest absolute Gasteiger partial charge is 0.240 e. The van der Waals surface area contributed by atoms with Crippen LogP contribution >= 0.6 is 11.3 Å².